The molecule has 0 saturated heterocycles. The van der Waals surface area contributed by atoms with E-state index in [0.717, 1.165) is 47.2 Å². The van der Waals surface area contributed by atoms with Crippen LogP contribution < -0.4 is 9.46 Å². The number of nitrogens with one attached hydrogen (secondary N) is 1. The van der Waals surface area contributed by atoms with Crippen molar-refractivity contribution in [3.8, 4) is 17.0 Å². The van der Waals surface area contributed by atoms with Gasteiger partial charge in [-0.05, 0) is 88.0 Å². The number of hydrogen-bond acceptors (Lipinski definition) is 7. The highest BCUT2D eigenvalue weighted by Crippen LogP contribution is 2.34. The van der Waals surface area contributed by atoms with Crippen LogP contribution in [0, 0.1) is 0 Å². The van der Waals surface area contributed by atoms with E-state index in [4.69, 9.17) is 4.74 Å². The second-order valence-corrected chi connectivity index (χ2v) is 11.6. The van der Waals surface area contributed by atoms with Crippen LogP contribution in [0.15, 0.2) is 41.6 Å². The van der Waals surface area contributed by atoms with Crippen LogP contribution in [0.5, 0.6) is 5.88 Å². The molecule has 10 heteroatoms. The third-order valence-corrected chi connectivity index (χ3v) is 8.20. The van der Waals surface area contributed by atoms with Crippen molar-refractivity contribution >= 4 is 15.9 Å². The number of fused-ring (bicyclic) bond motifs is 1. The second-order valence-electron chi connectivity index (χ2n) is 9.96. The standard InChI is InChI=1S/C27H35N5O4S/c1-17(2)32-24(18(3)31(4)5)16-27(29-32)37(34,35)30-25(33)15-23-21-9-7-8-19(21)10-11-22(23)20-12-13-28-26(14-20)36-6/h10-14,16-18H,7-9,15H2,1-6H3,(H,30,33). The van der Waals surface area contributed by atoms with Gasteiger partial charge >= 0.3 is 0 Å². The van der Waals surface area contributed by atoms with Crippen LogP contribution in [0.4, 0.5) is 0 Å². The van der Waals surface area contributed by atoms with Gasteiger partial charge in [0.15, 0.2) is 5.03 Å². The number of benzene rings is 1. The molecule has 1 aromatic carbocycles. The number of hydrogen-bond donors (Lipinski definition) is 1. The van der Waals surface area contributed by atoms with Crippen LogP contribution in [-0.2, 0) is 34.1 Å². The van der Waals surface area contributed by atoms with Crippen molar-refractivity contribution in [2.75, 3.05) is 21.2 Å². The largest absolute Gasteiger partial charge is 0.481 e. The Bertz CT molecular complexity index is 1410. The summed E-state index contributed by atoms with van der Waals surface area (Å²) in [5.74, 6) is -0.122. The zero-order chi connectivity index (χ0) is 26.9. The van der Waals surface area contributed by atoms with Gasteiger partial charge in [0, 0.05) is 30.4 Å². The summed E-state index contributed by atoms with van der Waals surface area (Å²) in [6.07, 6.45) is 4.40. The van der Waals surface area contributed by atoms with Crippen LogP contribution in [0.2, 0.25) is 0 Å². The number of aryl methyl sites for hydroxylation is 1. The molecule has 9 nitrogen and oxygen atoms in total. The molecule has 0 radical (unpaired) electrons. The quantitative estimate of drug-likeness (QED) is 0.454. The zero-order valence-electron chi connectivity index (χ0n) is 22.3. The first kappa shape index (κ1) is 26.8. The predicted molar refractivity (Wildman–Crippen MR) is 142 cm³/mol. The van der Waals surface area contributed by atoms with E-state index in [-0.39, 0.29) is 23.5 Å². The van der Waals surface area contributed by atoms with Crippen LogP contribution in [0.3, 0.4) is 0 Å². The van der Waals surface area contributed by atoms with Gasteiger partial charge in [-0.2, -0.15) is 13.5 Å². The van der Waals surface area contributed by atoms with E-state index >= 15 is 0 Å². The Morgan fingerprint density at radius 3 is 2.59 bits per heavy atom. The molecule has 0 spiro atoms. The molecule has 4 rings (SSSR count). The number of amides is 1. The third-order valence-electron chi connectivity index (χ3n) is 6.95. The second kappa shape index (κ2) is 10.6. The molecule has 1 atom stereocenters. The molecule has 1 N–H and O–H groups in total. The summed E-state index contributed by atoms with van der Waals surface area (Å²) in [5, 5.41) is 4.20. The van der Waals surface area contributed by atoms with Crippen molar-refractivity contribution in [2.24, 2.45) is 0 Å². The number of ether oxygens (including phenoxy) is 1. The fraction of sp³-hybridized carbons (Fsp3) is 0.444. The van der Waals surface area contributed by atoms with E-state index in [1.807, 2.05) is 58.0 Å². The van der Waals surface area contributed by atoms with E-state index < -0.39 is 15.9 Å². The average Bonchev–Trinajstić information content (AvgIpc) is 3.51. The first-order valence-corrected chi connectivity index (χ1v) is 14.0. The summed E-state index contributed by atoms with van der Waals surface area (Å²) < 4.78 is 35.7. The molecule has 1 aliphatic rings. The summed E-state index contributed by atoms with van der Waals surface area (Å²) in [6, 6.07) is 9.23. The highest BCUT2D eigenvalue weighted by Gasteiger charge is 2.28. The minimum absolute atomic E-state index is 0.0381. The van der Waals surface area contributed by atoms with Gasteiger partial charge in [-0.3, -0.25) is 9.48 Å². The SMILES string of the molecule is COc1cc(-c2ccc3c(c2CC(=O)NS(=O)(=O)c2cc(C(C)N(C)C)n(C(C)C)n2)CCC3)ccn1. The zero-order valence-corrected chi connectivity index (χ0v) is 23.1. The van der Waals surface area contributed by atoms with Crippen LogP contribution in [0.1, 0.15) is 61.7 Å². The summed E-state index contributed by atoms with van der Waals surface area (Å²) in [4.78, 5) is 19.4. The van der Waals surface area contributed by atoms with Crippen molar-refractivity contribution in [1.29, 1.82) is 0 Å². The fourth-order valence-corrected chi connectivity index (χ4v) is 5.76. The molecular formula is C27H35N5O4S. The molecule has 2 heterocycles. The van der Waals surface area contributed by atoms with E-state index in [1.165, 1.54) is 5.56 Å². The highest BCUT2D eigenvalue weighted by molar-refractivity contribution is 7.90. The lowest BCUT2D eigenvalue weighted by atomic mass is 9.91. The lowest BCUT2D eigenvalue weighted by Gasteiger charge is -2.22. The van der Waals surface area contributed by atoms with Gasteiger partial charge in [0.2, 0.25) is 11.8 Å². The number of sulfonamides is 1. The summed E-state index contributed by atoms with van der Waals surface area (Å²) >= 11 is 0. The first-order chi connectivity index (χ1) is 17.5. The van der Waals surface area contributed by atoms with Gasteiger partial charge in [0.05, 0.1) is 19.2 Å². The molecule has 3 aromatic rings. The molecule has 0 aliphatic heterocycles. The molecule has 37 heavy (non-hydrogen) atoms. The molecule has 1 amide bonds. The van der Waals surface area contributed by atoms with Crippen molar-refractivity contribution in [3.63, 3.8) is 0 Å². The van der Waals surface area contributed by atoms with Crippen LogP contribution in [-0.4, -0.2) is 55.2 Å². The number of aromatic nitrogens is 3. The normalized spacial score (nSPS) is 14.2. The fourth-order valence-electron chi connectivity index (χ4n) is 4.81. The smallest absolute Gasteiger partial charge is 0.283 e. The summed E-state index contributed by atoms with van der Waals surface area (Å²) in [6.45, 7) is 5.87. The van der Waals surface area contributed by atoms with Crippen LogP contribution >= 0.6 is 0 Å². The molecular weight excluding hydrogens is 490 g/mol. The molecule has 1 unspecified atom stereocenters. The predicted octanol–water partition coefficient (Wildman–Crippen LogP) is 3.69. The van der Waals surface area contributed by atoms with Gasteiger partial charge < -0.3 is 9.64 Å². The maximum Gasteiger partial charge on any atom is 0.283 e. The summed E-state index contributed by atoms with van der Waals surface area (Å²) in [7, 11) is 1.24. The van der Waals surface area contributed by atoms with Gasteiger partial charge in [-0.25, -0.2) is 9.71 Å². The first-order valence-electron chi connectivity index (χ1n) is 12.5. The Labute approximate surface area is 218 Å². The minimum atomic E-state index is -4.16. The van der Waals surface area contributed by atoms with E-state index in [0.29, 0.717) is 5.88 Å². The Balaban J connectivity index is 1.65. The Morgan fingerprint density at radius 1 is 1.16 bits per heavy atom. The highest BCUT2D eigenvalue weighted by atomic mass is 32.2. The number of carbonyl (C=O) groups excluding carboxylic acids is 1. The van der Waals surface area contributed by atoms with Gasteiger partial charge in [0.25, 0.3) is 10.0 Å². The van der Waals surface area contributed by atoms with Crippen molar-refractivity contribution in [3.05, 3.63) is 58.9 Å². The maximum absolute atomic E-state index is 13.2. The summed E-state index contributed by atoms with van der Waals surface area (Å²) in [5.41, 5.74) is 5.67. The van der Waals surface area contributed by atoms with Crippen molar-refractivity contribution < 1.29 is 17.9 Å². The lowest BCUT2D eigenvalue weighted by molar-refractivity contribution is -0.118. The minimum Gasteiger partial charge on any atom is -0.481 e. The monoisotopic (exact) mass is 525 g/mol. The average molecular weight is 526 g/mol. The Hall–Kier alpha value is -3.24. The van der Waals surface area contributed by atoms with Gasteiger partial charge in [-0.1, -0.05) is 12.1 Å². The molecule has 198 valence electrons. The molecule has 2 aromatic heterocycles. The van der Waals surface area contributed by atoms with Crippen molar-refractivity contribution in [2.45, 2.75) is 63.6 Å². The molecule has 0 fully saturated rings. The third kappa shape index (κ3) is 5.55. The number of methoxy groups -OCH3 is 1. The Morgan fingerprint density at radius 2 is 1.92 bits per heavy atom. The topological polar surface area (TPSA) is 106 Å². The molecule has 0 bridgehead atoms. The van der Waals surface area contributed by atoms with Gasteiger partial charge in [0.1, 0.15) is 0 Å². The maximum atomic E-state index is 13.2. The van der Waals surface area contributed by atoms with E-state index in [2.05, 4.69) is 20.9 Å². The lowest BCUT2D eigenvalue weighted by Crippen LogP contribution is -2.32. The number of carbonyl (C=O) groups is 1. The number of rotatable bonds is 9. The Kier molecular flexibility index (Phi) is 7.70. The number of pyridine rings is 1. The molecule has 0 saturated carbocycles. The van der Waals surface area contributed by atoms with E-state index in [9.17, 15) is 13.2 Å². The van der Waals surface area contributed by atoms with Crippen molar-refractivity contribution in [1.82, 2.24) is 24.4 Å². The van der Waals surface area contributed by atoms with Gasteiger partial charge in [-0.15, -0.1) is 0 Å². The van der Waals surface area contributed by atoms with Crippen LogP contribution in [0.25, 0.3) is 11.1 Å². The molecule has 1 aliphatic carbocycles. The number of nitrogens with zero attached hydrogens (tertiary/aromatic N) is 4. The van der Waals surface area contributed by atoms with E-state index in [1.54, 1.807) is 24.1 Å².